The number of rotatable bonds is 8. The summed E-state index contributed by atoms with van der Waals surface area (Å²) in [5.74, 6) is 0.663. The van der Waals surface area contributed by atoms with Gasteiger partial charge in [0.15, 0.2) is 21.8 Å². The molecular formula is C18H23FN6OS2. The van der Waals surface area contributed by atoms with Crippen molar-refractivity contribution in [3.05, 3.63) is 29.8 Å². The standard InChI is InChI=1S/C18H23FN6OS2/c1-9(2)6-12(8-26)22-15-14-16(23-17(20)28-14)25-18(24-15)27-10(3)13-5-4-11(19)7-21-13/h4-5,7,9-10,12,26H,6,8H2,1-3H3,(H3,20,22,23,24,25)/t10?,12-/m1/s1. The van der Waals surface area contributed by atoms with E-state index in [1.54, 1.807) is 6.07 Å². The highest BCUT2D eigenvalue weighted by atomic mass is 32.2. The molecule has 0 amide bonds. The third-order valence-electron chi connectivity index (χ3n) is 4.02. The number of anilines is 2. The van der Waals surface area contributed by atoms with Crippen LogP contribution >= 0.6 is 23.1 Å². The van der Waals surface area contributed by atoms with Gasteiger partial charge in [-0.25, -0.2) is 19.3 Å². The summed E-state index contributed by atoms with van der Waals surface area (Å²) in [6.07, 6.45) is 2.00. The summed E-state index contributed by atoms with van der Waals surface area (Å²) < 4.78 is 13.9. The third kappa shape index (κ3) is 5.06. The van der Waals surface area contributed by atoms with Crippen LogP contribution in [0.2, 0.25) is 0 Å². The van der Waals surface area contributed by atoms with Gasteiger partial charge in [0.2, 0.25) is 0 Å². The Balaban J connectivity index is 1.89. The van der Waals surface area contributed by atoms with Crippen LogP contribution < -0.4 is 11.1 Å². The van der Waals surface area contributed by atoms with Gasteiger partial charge >= 0.3 is 0 Å². The Kier molecular flexibility index (Phi) is 6.63. The molecule has 150 valence electrons. The molecule has 0 aromatic carbocycles. The zero-order valence-electron chi connectivity index (χ0n) is 15.9. The largest absolute Gasteiger partial charge is 0.394 e. The molecule has 3 aromatic rings. The predicted octanol–water partition coefficient (Wildman–Crippen LogP) is 3.87. The average Bonchev–Trinajstić information content (AvgIpc) is 3.01. The van der Waals surface area contributed by atoms with Crippen molar-refractivity contribution in [2.75, 3.05) is 17.7 Å². The molecule has 0 bridgehead atoms. The molecule has 0 saturated carbocycles. The molecule has 1 unspecified atom stereocenters. The molecule has 10 heteroatoms. The molecule has 0 fully saturated rings. The molecule has 28 heavy (non-hydrogen) atoms. The maximum Gasteiger partial charge on any atom is 0.192 e. The van der Waals surface area contributed by atoms with E-state index in [9.17, 15) is 9.50 Å². The van der Waals surface area contributed by atoms with Crippen LogP contribution in [0.15, 0.2) is 23.5 Å². The summed E-state index contributed by atoms with van der Waals surface area (Å²) in [7, 11) is 0. The highest BCUT2D eigenvalue weighted by Gasteiger charge is 2.19. The third-order valence-corrected chi connectivity index (χ3v) is 5.88. The number of halogens is 1. The fraction of sp³-hybridized carbons (Fsp3) is 0.444. The van der Waals surface area contributed by atoms with E-state index in [0.29, 0.717) is 27.7 Å². The lowest BCUT2D eigenvalue weighted by atomic mass is 10.0. The highest BCUT2D eigenvalue weighted by Crippen LogP contribution is 2.36. The maximum absolute atomic E-state index is 13.1. The van der Waals surface area contributed by atoms with E-state index in [4.69, 9.17) is 5.73 Å². The molecule has 0 aliphatic carbocycles. The van der Waals surface area contributed by atoms with E-state index < -0.39 is 0 Å². The van der Waals surface area contributed by atoms with Crippen molar-refractivity contribution >= 4 is 44.4 Å². The molecule has 0 radical (unpaired) electrons. The first kappa shape index (κ1) is 20.7. The number of nitrogens with one attached hydrogen (secondary N) is 1. The second kappa shape index (κ2) is 8.97. The zero-order chi connectivity index (χ0) is 20.3. The smallest absolute Gasteiger partial charge is 0.192 e. The van der Waals surface area contributed by atoms with Crippen LogP contribution in [0.4, 0.5) is 15.3 Å². The minimum atomic E-state index is -0.372. The fourth-order valence-electron chi connectivity index (χ4n) is 2.76. The summed E-state index contributed by atoms with van der Waals surface area (Å²) in [5.41, 5.74) is 7.12. The monoisotopic (exact) mass is 422 g/mol. The minimum absolute atomic E-state index is 0.00363. The first-order chi connectivity index (χ1) is 13.4. The van der Waals surface area contributed by atoms with Gasteiger partial charge in [-0.2, -0.15) is 0 Å². The number of nitrogen functional groups attached to an aromatic ring is 1. The van der Waals surface area contributed by atoms with Gasteiger partial charge in [0.05, 0.1) is 29.8 Å². The maximum atomic E-state index is 13.1. The van der Waals surface area contributed by atoms with Gasteiger partial charge in [0, 0.05) is 0 Å². The number of nitrogens with two attached hydrogens (primary N) is 1. The van der Waals surface area contributed by atoms with E-state index in [-0.39, 0.29) is 23.7 Å². The Morgan fingerprint density at radius 3 is 2.68 bits per heavy atom. The van der Waals surface area contributed by atoms with Gasteiger partial charge in [-0.15, -0.1) is 0 Å². The number of aliphatic hydroxyl groups excluding tert-OH is 1. The van der Waals surface area contributed by atoms with Gasteiger partial charge in [-0.05, 0) is 31.4 Å². The van der Waals surface area contributed by atoms with E-state index in [0.717, 1.165) is 16.8 Å². The lowest BCUT2D eigenvalue weighted by molar-refractivity contribution is 0.259. The Hall–Kier alpha value is -2.04. The van der Waals surface area contributed by atoms with Gasteiger partial charge in [0.1, 0.15) is 10.5 Å². The molecular weight excluding hydrogens is 399 g/mol. The molecule has 7 nitrogen and oxygen atoms in total. The topological polar surface area (TPSA) is 110 Å². The van der Waals surface area contributed by atoms with Crippen molar-refractivity contribution in [1.82, 2.24) is 19.9 Å². The second-order valence-corrected chi connectivity index (χ2v) is 9.21. The minimum Gasteiger partial charge on any atom is -0.394 e. The van der Waals surface area contributed by atoms with Crippen molar-refractivity contribution in [3.8, 4) is 0 Å². The first-order valence-electron chi connectivity index (χ1n) is 8.95. The van der Waals surface area contributed by atoms with Gasteiger partial charge in [0.25, 0.3) is 0 Å². The van der Waals surface area contributed by atoms with E-state index >= 15 is 0 Å². The number of aliphatic hydroxyl groups is 1. The molecule has 3 rings (SSSR count). The van der Waals surface area contributed by atoms with Crippen molar-refractivity contribution in [3.63, 3.8) is 0 Å². The number of aromatic nitrogens is 4. The summed E-state index contributed by atoms with van der Waals surface area (Å²) >= 11 is 2.71. The molecule has 3 heterocycles. The van der Waals surface area contributed by atoms with Crippen molar-refractivity contribution in [1.29, 1.82) is 0 Å². The molecule has 3 aromatic heterocycles. The fourth-order valence-corrected chi connectivity index (χ4v) is 4.34. The molecule has 0 spiro atoms. The van der Waals surface area contributed by atoms with Crippen molar-refractivity contribution in [2.24, 2.45) is 5.92 Å². The molecule has 4 N–H and O–H groups in total. The van der Waals surface area contributed by atoms with Crippen LogP contribution in [0.3, 0.4) is 0 Å². The summed E-state index contributed by atoms with van der Waals surface area (Å²) in [6, 6.07) is 2.90. The number of hydrogen-bond acceptors (Lipinski definition) is 9. The van der Waals surface area contributed by atoms with Crippen LogP contribution in [0.5, 0.6) is 0 Å². The Morgan fingerprint density at radius 1 is 1.25 bits per heavy atom. The molecule has 0 aliphatic heterocycles. The van der Waals surface area contributed by atoms with Crippen LogP contribution in [0, 0.1) is 11.7 Å². The van der Waals surface area contributed by atoms with Crippen LogP contribution in [-0.2, 0) is 0 Å². The van der Waals surface area contributed by atoms with Gasteiger partial charge in [-0.1, -0.05) is 36.9 Å². The predicted molar refractivity (Wildman–Crippen MR) is 112 cm³/mol. The van der Waals surface area contributed by atoms with Crippen LogP contribution in [-0.4, -0.2) is 37.7 Å². The van der Waals surface area contributed by atoms with Gasteiger partial charge in [-0.3, -0.25) is 4.98 Å². The zero-order valence-corrected chi connectivity index (χ0v) is 17.5. The SMILES string of the molecule is CC(C)C[C@H](CO)Nc1nc(SC(C)c2ccc(F)cn2)nc2nc(N)sc12. The lowest BCUT2D eigenvalue weighted by Gasteiger charge is -2.19. The number of nitrogens with zero attached hydrogens (tertiary/aromatic N) is 4. The number of pyridine rings is 1. The quantitative estimate of drug-likeness (QED) is 0.371. The molecule has 2 atom stereocenters. The molecule has 0 saturated heterocycles. The van der Waals surface area contributed by atoms with E-state index in [1.807, 2.05) is 6.92 Å². The first-order valence-corrected chi connectivity index (χ1v) is 10.6. The van der Waals surface area contributed by atoms with Crippen LogP contribution in [0.1, 0.15) is 38.1 Å². The number of fused-ring (bicyclic) bond motifs is 1. The highest BCUT2D eigenvalue weighted by molar-refractivity contribution is 7.99. The molecule has 0 aliphatic rings. The number of thiazole rings is 1. The normalized spacial score (nSPS) is 13.8. The summed E-state index contributed by atoms with van der Waals surface area (Å²) in [4.78, 5) is 17.5. The Labute approximate surface area is 171 Å². The number of hydrogen-bond donors (Lipinski definition) is 3. The van der Waals surface area contributed by atoms with Crippen molar-refractivity contribution < 1.29 is 9.50 Å². The van der Waals surface area contributed by atoms with E-state index in [2.05, 4.69) is 39.1 Å². The van der Waals surface area contributed by atoms with Crippen molar-refractivity contribution in [2.45, 2.75) is 43.6 Å². The Morgan fingerprint density at radius 2 is 2.04 bits per heavy atom. The summed E-state index contributed by atoms with van der Waals surface area (Å²) in [5, 5.41) is 13.9. The number of thioether (sulfide) groups is 1. The van der Waals surface area contributed by atoms with Gasteiger partial charge < -0.3 is 16.2 Å². The Bertz CT molecular complexity index is 934. The van der Waals surface area contributed by atoms with E-state index in [1.165, 1.54) is 35.4 Å². The summed E-state index contributed by atoms with van der Waals surface area (Å²) in [6.45, 7) is 6.15. The average molecular weight is 423 g/mol. The second-order valence-electron chi connectivity index (χ2n) is 6.87. The van der Waals surface area contributed by atoms with Crippen LogP contribution in [0.25, 0.3) is 10.3 Å². The lowest BCUT2D eigenvalue weighted by Crippen LogP contribution is -2.26.